The van der Waals surface area contributed by atoms with Gasteiger partial charge in [-0.15, -0.1) is 0 Å². The molecular weight excluding hydrogens is 344 g/mol. The summed E-state index contributed by atoms with van der Waals surface area (Å²) in [5.74, 6) is 0.504. The normalized spacial score (nSPS) is 15.9. The Kier molecular flexibility index (Phi) is 5.52. The zero-order valence-corrected chi connectivity index (χ0v) is 14.9. The molecule has 0 aliphatic heterocycles. The number of allylic oxidation sites excluding steroid dienone is 2. The first-order valence-electron chi connectivity index (χ1n) is 8.58. The maximum atomic E-state index is 11.7. The Morgan fingerprint density at radius 2 is 1.89 bits per heavy atom. The molecule has 0 fully saturated rings. The molecule has 1 aliphatic rings. The molecule has 0 heterocycles. The molecule has 3 rings (SSSR count). The van der Waals surface area contributed by atoms with Gasteiger partial charge in [0.15, 0.2) is 5.78 Å². The average molecular weight is 364 g/mol. The molecule has 1 aliphatic carbocycles. The molecule has 5 nitrogen and oxygen atoms in total. The number of hydrogen-bond acceptors (Lipinski definition) is 5. The van der Waals surface area contributed by atoms with Crippen LogP contribution in [0, 0.1) is 0 Å². The van der Waals surface area contributed by atoms with E-state index in [4.69, 9.17) is 4.74 Å². The van der Waals surface area contributed by atoms with Crippen LogP contribution < -0.4 is 4.74 Å². The van der Waals surface area contributed by atoms with Crippen molar-refractivity contribution in [2.75, 3.05) is 7.11 Å². The van der Waals surface area contributed by atoms with E-state index in [9.17, 15) is 19.8 Å². The second kappa shape index (κ2) is 8.01. The van der Waals surface area contributed by atoms with Gasteiger partial charge in [0.25, 0.3) is 0 Å². The van der Waals surface area contributed by atoms with Crippen LogP contribution in [0.5, 0.6) is 5.75 Å². The molecule has 0 bridgehead atoms. The fourth-order valence-corrected chi connectivity index (χ4v) is 3.25. The summed E-state index contributed by atoms with van der Waals surface area (Å²) in [6.07, 6.45) is 2.66. The first-order valence-corrected chi connectivity index (χ1v) is 8.58. The van der Waals surface area contributed by atoms with Gasteiger partial charge in [0.05, 0.1) is 13.7 Å². The van der Waals surface area contributed by atoms with E-state index in [1.807, 2.05) is 24.3 Å². The molecule has 5 heteroatoms. The van der Waals surface area contributed by atoms with Crippen molar-refractivity contribution in [1.82, 2.24) is 0 Å². The van der Waals surface area contributed by atoms with Gasteiger partial charge in [0.1, 0.15) is 17.8 Å². The van der Waals surface area contributed by atoms with Gasteiger partial charge in [-0.1, -0.05) is 24.3 Å². The molecule has 27 heavy (non-hydrogen) atoms. The van der Waals surface area contributed by atoms with Crippen LogP contribution in [0.15, 0.2) is 59.9 Å². The van der Waals surface area contributed by atoms with Crippen molar-refractivity contribution in [3.8, 4) is 5.75 Å². The Bertz CT molecular complexity index is 936. The summed E-state index contributed by atoms with van der Waals surface area (Å²) in [5.41, 5.74) is 3.91. The van der Waals surface area contributed by atoms with Crippen molar-refractivity contribution < 1.29 is 24.5 Å². The van der Waals surface area contributed by atoms with Gasteiger partial charge in [-0.3, -0.25) is 9.59 Å². The molecule has 2 N–H and O–H groups in total. The minimum Gasteiger partial charge on any atom is -0.508 e. The SMILES string of the molecule is COc1ccc(/C(=C2/CCC(=O)C=C2O)c2ccc(C=O)cc2CO)cc1. The van der Waals surface area contributed by atoms with Crippen molar-refractivity contribution in [3.05, 3.63) is 82.1 Å². The fraction of sp³-hybridized carbons (Fsp3) is 0.182. The summed E-state index contributed by atoms with van der Waals surface area (Å²) in [6.45, 7) is -0.257. The molecule has 0 atom stereocenters. The Morgan fingerprint density at radius 1 is 1.15 bits per heavy atom. The topological polar surface area (TPSA) is 83.8 Å². The van der Waals surface area contributed by atoms with E-state index in [0.717, 1.165) is 17.4 Å². The highest BCUT2D eigenvalue weighted by Gasteiger charge is 2.22. The maximum absolute atomic E-state index is 11.7. The number of methoxy groups -OCH3 is 1. The van der Waals surface area contributed by atoms with E-state index in [1.165, 1.54) is 6.08 Å². The maximum Gasteiger partial charge on any atom is 0.159 e. The third-order valence-electron chi connectivity index (χ3n) is 4.61. The van der Waals surface area contributed by atoms with Crippen molar-refractivity contribution >= 4 is 17.6 Å². The molecule has 0 saturated heterocycles. The minimum absolute atomic E-state index is 0.0691. The molecule has 2 aromatic carbocycles. The predicted molar refractivity (Wildman–Crippen MR) is 102 cm³/mol. The lowest BCUT2D eigenvalue weighted by Gasteiger charge is -2.21. The zero-order valence-electron chi connectivity index (χ0n) is 14.9. The molecular formula is C22H20O5. The van der Waals surface area contributed by atoms with E-state index in [2.05, 4.69) is 0 Å². The second-order valence-corrected chi connectivity index (χ2v) is 6.27. The summed E-state index contributed by atoms with van der Waals surface area (Å²) in [6, 6.07) is 12.4. The molecule has 0 aromatic heterocycles. The third-order valence-corrected chi connectivity index (χ3v) is 4.61. The fourth-order valence-electron chi connectivity index (χ4n) is 3.25. The number of aldehydes is 1. The number of aliphatic hydroxyl groups excluding tert-OH is 2. The highest BCUT2D eigenvalue weighted by atomic mass is 16.5. The van der Waals surface area contributed by atoms with Crippen LogP contribution in [0.3, 0.4) is 0 Å². The van der Waals surface area contributed by atoms with Gasteiger partial charge in [-0.25, -0.2) is 0 Å². The van der Waals surface area contributed by atoms with Crippen molar-refractivity contribution in [2.45, 2.75) is 19.4 Å². The Labute approximate surface area is 157 Å². The summed E-state index contributed by atoms with van der Waals surface area (Å²) in [5, 5.41) is 20.3. The van der Waals surface area contributed by atoms with Crippen LogP contribution in [0.25, 0.3) is 5.57 Å². The standard InChI is InChI=1S/C22H20O5/c1-27-18-6-3-15(4-7-18)22(20-9-5-17(25)11-21(20)26)19-8-2-14(12-23)10-16(19)13-24/h2-4,6-8,10-12,24,26H,5,9,13H2,1H3/b22-20+. The third kappa shape index (κ3) is 3.83. The summed E-state index contributed by atoms with van der Waals surface area (Å²) >= 11 is 0. The first kappa shape index (κ1) is 18.6. The van der Waals surface area contributed by atoms with Crippen molar-refractivity contribution in [2.24, 2.45) is 0 Å². The highest BCUT2D eigenvalue weighted by Crippen LogP contribution is 2.36. The van der Waals surface area contributed by atoms with Gasteiger partial charge in [-0.2, -0.15) is 0 Å². The Balaban J connectivity index is 2.27. The smallest absolute Gasteiger partial charge is 0.159 e. The number of benzene rings is 2. The Hall–Kier alpha value is -3.18. The quantitative estimate of drug-likeness (QED) is 0.792. The molecule has 0 unspecified atom stereocenters. The molecule has 0 spiro atoms. The summed E-state index contributed by atoms with van der Waals surface area (Å²) in [4.78, 5) is 22.7. The average Bonchev–Trinajstić information content (AvgIpc) is 2.70. The van der Waals surface area contributed by atoms with E-state index >= 15 is 0 Å². The number of ketones is 1. The number of rotatable bonds is 5. The Morgan fingerprint density at radius 3 is 2.48 bits per heavy atom. The highest BCUT2D eigenvalue weighted by molar-refractivity contribution is 5.95. The molecule has 138 valence electrons. The number of hydrogen-bond donors (Lipinski definition) is 2. The summed E-state index contributed by atoms with van der Waals surface area (Å²) < 4.78 is 5.21. The zero-order chi connectivity index (χ0) is 19.4. The number of ether oxygens (including phenoxy) is 1. The molecule has 0 radical (unpaired) electrons. The van der Waals surface area contributed by atoms with Crippen LogP contribution in [0.1, 0.15) is 39.9 Å². The molecule has 2 aromatic rings. The van der Waals surface area contributed by atoms with Crippen LogP contribution in [-0.4, -0.2) is 29.4 Å². The number of carbonyl (C=O) groups excluding carboxylic acids is 2. The lowest BCUT2D eigenvalue weighted by Crippen LogP contribution is -2.09. The van der Waals surface area contributed by atoms with Gasteiger partial charge in [-0.05, 0) is 46.9 Å². The van der Waals surface area contributed by atoms with E-state index < -0.39 is 0 Å². The first-order chi connectivity index (χ1) is 13.1. The number of aliphatic hydroxyl groups is 2. The van der Waals surface area contributed by atoms with Crippen LogP contribution in [-0.2, 0) is 11.4 Å². The van der Waals surface area contributed by atoms with E-state index in [1.54, 1.807) is 25.3 Å². The van der Waals surface area contributed by atoms with Crippen molar-refractivity contribution in [1.29, 1.82) is 0 Å². The van der Waals surface area contributed by atoms with Gasteiger partial charge in [0, 0.05) is 23.6 Å². The van der Waals surface area contributed by atoms with E-state index in [0.29, 0.717) is 40.9 Å². The monoisotopic (exact) mass is 364 g/mol. The second-order valence-electron chi connectivity index (χ2n) is 6.27. The molecule has 0 saturated carbocycles. The predicted octanol–water partition coefficient (Wildman–Crippen LogP) is 3.61. The van der Waals surface area contributed by atoms with E-state index in [-0.39, 0.29) is 18.1 Å². The van der Waals surface area contributed by atoms with Crippen LogP contribution >= 0.6 is 0 Å². The van der Waals surface area contributed by atoms with Crippen LogP contribution in [0.2, 0.25) is 0 Å². The van der Waals surface area contributed by atoms with Crippen molar-refractivity contribution in [3.63, 3.8) is 0 Å². The molecule has 0 amide bonds. The lowest BCUT2D eigenvalue weighted by molar-refractivity contribution is -0.114. The largest absolute Gasteiger partial charge is 0.508 e. The van der Waals surface area contributed by atoms with Gasteiger partial charge < -0.3 is 14.9 Å². The van der Waals surface area contributed by atoms with Gasteiger partial charge in [0.2, 0.25) is 0 Å². The minimum atomic E-state index is -0.257. The van der Waals surface area contributed by atoms with Gasteiger partial charge >= 0.3 is 0 Å². The number of carbonyl (C=O) groups is 2. The summed E-state index contributed by atoms with van der Waals surface area (Å²) in [7, 11) is 1.58. The lowest BCUT2D eigenvalue weighted by atomic mass is 9.85. The van der Waals surface area contributed by atoms with Crippen LogP contribution in [0.4, 0.5) is 0 Å².